The first-order chi connectivity index (χ1) is 14.7. The van der Waals surface area contributed by atoms with Crippen molar-refractivity contribution in [2.45, 2.75) is 41.2 Å². The molecular formula is C26H28N2O3. The minimum Gasteiger partial charge on any atom is -0.454 e. The van der Waals surface area contributed by atoms with E-state index in [9.17, 15) is 9.59 Å². The van der Waals surface area contributed by atoms with Gasteiger partial charge in [0.05, 0.1) is 12.2 Å². The molecule has 0 aliphatic heterocycles. The Balaban J connectivity index is 1.62. The molecule has 0 N–H and O–H groups in total. The number of hydrogen-bond donors (Lipinski definition) is 0. The highest BCUT2D eigenvalue weighted by atomic mass is 16.5. The fourth-order valence-corrected chi connectivity index (χ4v) is 3.31. The van der Waals surface area contributed by atoms with Crippen molar-refractivity contribution in [2.75, 3.05) is 6.61 Å². The molecule has 31 heavy (non-hydrogen) atoms. The molecule has 1 aromatic heterocycles. The van der Waals surface area contributed by atoms with Gasteiger partial charge in [0.25, 0.3) is 0 Å². The molecule has 5 heteroatoms. The van der Waals surface area contributed by atoms with Crippen molar-refractivity contribution < 1.29 is 14.3 Å². The smallest absolute Gasteiger partial charge is 0.331 e. The van der Waals surface area contributed by atoms with Gasteiger partial charge in [-0.1, -0.05) is 42.0 Å². The second-order valence-corrected chi connectivity index (χ2v) is 7.89. The van der Waals surface area contributed by atoms with Crippen molar-refractivity contribution in [1.82, 2.24) is 9.78 Å². The maximum absolute atomic E-state index is 12.3. The highest BCUT2D eigenvalue weighted by Crippen LogP contribution is 2.17. The molecule has 0 bridgehead atoms. The van der Waals surface area contributed by atoms with Crippen LogP contribution in [-0.4, -0.2) is 28.1 Å². The van der Waals surface area contributed by atoms with E-state index in [1.165, 1.54) is 11.6 Å². The highest BCUT2D eigenvalue weighted by Gasteiger charge is 2.12. The van der Waals surface area contributed by atoms with Gasteiger partial charge in [0.1, 0.15) is 0 Å². The lowest BCUT2D eigenvalue weighted by Crippen LogP contribution is -2.12. The maximum Gasteiger partial charge on any atom is 0.331 e. The van der Waals surface area contributed by atoms with E-state index >= 15 is 0 Å². The second-order valence-electron chi connectivity index (χ2n) is 7.89. The third-order valence-electron chi connectivity index (χ3n) is 5.45. The third-order valence-corrected chi connectivity index (χ3v) is 5.45. The van der Waals surface area contributed by atoms with Crippen LogP contribution < -0.4 is 0 Å². The number of nitrogens with zero attached hydrogens (tertiary/aromatic N) is 2. The Kier molecular flexibility index (Phi) is 6.85. The topological polar surface area (TPSA) is 61.2 Å². The lowest BCUT2D eigenvalue weighted by atomic mass is 10.0. The zero-order chi connectivity index (χ0) is 22.5. The first kappa shape index (κ1) is 22.2. The van der Waals surface area contributed by atoms with Gasteiger partial charge in [-0.15, -0.1) is 0 Å². The fraction of sp³-hybridized carbons (Fsp3) is 0.269. The van der Waals surface area contributed by atoms with Crippen LogP contribution in [0, 0.1) is 34.6 Å². The fourth-order valence-electron chi connectivity index (χ4n) is 3.31. The summed E-state index contributed by atoms with van der Waals surface area (Å²) in [6.07, 6.45) is 3.05. The van der Waals surface area contributed by atoms with Gasteiger partial charge in [-0.05, 0) is 63.5 Å². The van der Waals surface area contributed by atoms with Crippen molar-refractivity contribution in [1.29, 1.82) is 0 Å². The first-order valence-electron chi connectivity index (χ1n) is 10.3. The molecule has 5 nitrogen and oxygen atoms in total. The zero-order valence-corrected chi connectivity index (χ0v) is 18.7. The largest absolute Gasteiger partial charge is 0.454 e. The van der Waals surface area contributed by atoms with Crippen molar-refractivity contribution in [3.8, 4) is 0 Å². The minimum absolute atomic E-state index is 0.219. The lowest BCUT2D eigenvalue weighted by molar-refractivity contribution is -0.136. The number of carbonyl (C=O) groups is 2. The van der Waals surface area contributed by atoms with Crippen LogP contribution in [0.3, 0.4) is 0 Å². The predicted octanol–water partition coefficient (Wildman–Crippen LogP) is 4.91. The van der Waals surface area contributed by atoms with E-state index in [-0.39, 0.29) is 12.4 Å². The van der Waals surface area contributed by atoms with Crippen LogP contribution >= 0.6 is 0 Å². The average molecular weight is 417 g/mol. The van der Waals surface area contributed by atoms with Crippen molar-refractivity contribution in [3.05, 3.63) is 93.3 Å². The number of rotatable bonds is 7. The highest BCUT2D eigenvalue weighted by molar-refractivity contribution is 5.99. The van der Waals surface area contributed by atoms with E-state index in [1.807, 2.05) is 44.5 Å². The Morgan fingerprint density at radius 3 is 2.35 bits per heavy atom. The number of aromatic nitrogens is 2. The van der Waals surface area contributed by atoms with E-state index < -0.39 is 5.97 Å². The predicted molar refractivity (Wildman–Crippen MR) is 122 cm³/mol. The summed E-state index contributed by atoms with van der Waals surface area (Å²) < 4.78 is 7.07. The number of ether oxygens (including phenoxy) is 1. The molecule has 0 saturated heterocycles. The van der Waals surface area contributed by atoms with Gasteiger partial charge in [-0.25, -0.2) is 4.79 Å². The summed E-state index contributed by atoms with van der Waals surface area (Å²) in [4.78, 5) is 24.4. The number of Topliss-reactive ketones (excluding diaryl/α,β-unsaturated/α-hetero) is 1. The molecule has 0 radical (unpaired) electrons. The number of aryl methyl sites for hydroxylation is 4. The van der Waals surface area contributed by atoms with Gasteiger partial charge in [0.2, 0.25) is 0 Å². The van der Waals surface area contributed by atoms with Gasteiger partial charge in [-0.2, -0.15) is 5.10 Å². The number of esters is 1. The lowest BCUT2D eigenvalue weighted by Gasteiger charge is -2.06. The molecule has 0 fully saturated rings. The van der Waals surface area contributed by atoms with Gasteiger partial charge in [0.15, 0.2) is 12.4 Å². The summed E-state index contributed by atoms with van der Waals surface area (Å²) in [6, 6.07) is 13.8. The Morgan fingerprint density at radius 1 is 0.968 bits per heavy atom. The molecule has 3 rings (SSSR count). The van der Waals surface area contributed by atoms with Crippen molar-refractivity contribution in [2.24, 2.45) is 0 Å². The number of carbonyl (C=O) groups excluding carboxylic acids is 2. The van der Waals surface area contributed by atoms with Crippen molar-refractivity contribution >= 4 is 17.8 Å². The Labute approximate surface area is 183 Å². The van der Waals surface area contributed by atoms with Crippen LogP contribution in [0.1, 0.15) is 49.6 Å². The van der Waals surface area contributed by atoms with E-state index in [4.69, 9.17) is 4.74 Å². The summed E-state index contributed by atoms with van der Waals surface area (Å²) >= 11 is 0. The molecule has 0 aliphatic rings. The number of ketones is 1. The molecule has 0 atom stereocenters. The van der Waals surface area contributed by atoms with E-state index in [0.29, 0.717) is 12.1 Å². The molecule has 1 heterocycles. The van der Waals surface area contributed by atoms with Crippen LogP contribution in [-0.2, 0) is 16.1 Å². The van der Waals surface area contributed by atoms with E-state index in [1.54, 1.807) is 12.1 Å². The molecule has 0 saturated carbocycles. The number of benzene rings is 2. The van der Waals surface area contributed by atoms with Gasteiger partial charge >= 0.3 is 5.97 Å². The molecule has 0 amide bonds. The molecule has 3 aromatic rings. The second kappa shape index (κ2) is 9.56. The van der Waals surface area contributed by atoms with Crippen LogP contribution in [0.25, 0.3) is 6.08 Å². The van der Waals surface area contributed by atoms with Gasteiger partial charge in [-0.3, -0.25) is 9.48 Å². The van der Waals surface area contributed by atoms with Crippen LogP contribution in [0.15, 0.2) is 48.5 Å². The molecule has 0 unspecified atom stereocenters. The average Bonchev–Trinajstić information content (AvgIpc) is 3.00. The Hall–Kier alpha value is -3.47. The van der Waals surface area contributed by atoms with Crippen LogP contribution in [0.2, 0.25) is 0 Å². The first-order valence-corrected chi connectivity index (χ1v) is 10.3. The molecule has 0 aliphatic carbocycles. The quantitative estimate of drug-likeness (QED) is 0.312. The summed E-state index contributed by atoms with van der Waals surface area (Å²) in [5.41, 5.74) is 7.75. The Morgan fingerprint density at radius 2 is 1.68 bits per heavy atom. The zero-order valence-electron chi connectivity index (χ0n) is 18.7. The molecule has 160 valence electrons. The summed E-state index contributed by atoms with van der Waals surface area (Å²) in [5.74, 6) is -0.773. The van der Waals surface area contributed by atoms with E-state index in [2.05, 4.69) is 36.3 Å². The van der Waals surface area contributed by atoms with Crippen molar-refractivity contribution in [3.63, 3.8) is 0 Å². The Bertz CT molecular complexity index is 1140. The molecule has 2 aromatic carbocycles. The number of hydrogen-bond acceptors (Lipinski definition) is 4. The maximum atomic E-state index is 12.3. The SMILES string of the molecule is Cc1ccc(Cn2nc(C)c(/C=C/C(=O)OCC(=O)c3ccc(C)c(C)c3)c2C)cc1. The van der Waals surface area contributed by atoms with E-state index in [0.717, 1.165) is 33.6 Å². The molecular weight excluding hydrogens is 388 g/mol. The van der Waals surface area contributed by atoms with Crippen LogP contribution in [0.5, 0.6) is 0 Å². The normalized spacial score (nSPS) is 11.1. The van der Waals surface area contributed by atoms with Crippen LogP contribution in [0.4, 0.5) is 0 Å². The third kappa shape index (κ3) is 5.57. The van der Waals surface area contributed by atoms with Gasteiger partial charge < -0.3 is 4.74 Å². The summed E-state index contributed by atoms with van der Waals surface area (Å²) in [5, 5.41) is 4.59. The van der Waals surface area contributed by atoms with Gasteiger partial charge in [0, 0.05) is 22.9 Å². The minimum atomic E-state index is -0.553. The summed E-state index contributed by atoms with van der Waals surface area (Å²) in [6.45, 7) is 10.3. The summed E-state index contributed by atoms with van der Waals surface area (Å²) in [7, 11) is 0. The molecule has 0 spiro atoms. The monoisotopic (exact) mass is 416 g/mol. The standard InChI is InChI=1S/C26H28N2O3/c1-17-6-9-22(10-7-17)15-28-21(5)24(20(4)27-28)12-13-26(30)31-16-25(29)23-11-8-18(2)19(3)14-23/h6-14H,15-16H2,1-5H3/b13-12+.